The van der Waals surface area contributed by atoms with Crippen LogP contribution >= 0.6 is 15.0 Å². The minimum absolute atomic E-state index is 0.453. The second-order valence-electron chi connectivity index (χ2n) is 15.6. The Morgan fingerprint density at radius 3 is 0.962 bits per heavy atom. The van der Waals surface area contributed by atoms with Crippen LogP contribution in [0.15, 0.2) is 60.7 Å². The molecule has 16 heteroatoms. The van der Waals surface area contributed by atoms with E-state index < -0.39 is 72.9 Å². The first kappa shape index (κ1) is 38.7. The Labute approximate surface area is 304 Å². The summed E-state index contributed by atoms with van der Waals surface area (Å²) in [6.45, 7) is 13.4. The first-order chi connectivity index (χ1) is 24.2. The van der Waals surface area contributed by atoms with Gasteiger partial charge in [0.1, 0.15) is 0 Å². The summed E-state index contributed by atoms with van der Waals surface area (Å²) in [4.78, 5) is 52.4. The van der Waals surface area contributed by atoms with Crippen LogP contribution < -0.4 is 10.6 Å². The van der Waals surface area contributed by atoms with Crippen LogP contribution in [0.1, 0.15) is 104 Å². The number of hydrogen-bond acceptors (Lipinski definition) is 14. The number of carbonyl (C=O) groups excluding carboxylic acids is 4. The van der Waals surface area contributed by atoms with Gasteiger partial charge in [-0.25, -0.2) is 0 Å². The number of hydrogen-bond donors (Lipinski definition) is 2. The molecule has 4 aliphatic heterocycles. The van der Waals surface area contributed by atoms with E-state index in [1.54, 1.807) is 55.4 Å². The van der Waals surface area contributed by atoms with Crippen LogP contribution in [0.5, 0.6) is 0 Å². The third-order valence-electron chi connectivity index (χ3n) is 9.38. The SMILES string of the molecule is CC1(C)OP2(C(NCCCCCCNC(c3ccccc3)P34(OC(=O)C(C)(C)O3)OC(=O)C(C)(C)O4)c3ccccc3)(OC1=O)OC(=O)C(C)(C)O2. The quantitative estimate of drug-likeness (QED) is 0.159. The molecule has 4 saturated heterocycles. The molecule has 0 radical (unpaired) electrons. The van der Waals surface area contributed by atoms with E-state index in [0.717, 1.165) is 12.8 Å². The number of nitrogens with one attached hydrogen (secondary N) is 2. The Morgan fingerprint density at radius 1 is 0.462 bits per heavy atom. The van der Waals surface area contributed by atoms with Crippen molar-refractivity contribution in [2.75, 3.05) is 13.1 Å². The number of unbranched alkanes of at least 4 members (excludes halogenated alkanes) is 3. The van der Waals surface area contributed by atoms with E-state index in [1.807, 2.05) is 60.7 Å². The Balaban J connectivity index is 1.14. The van der Waals surface area contributed by atoms with E-state index >= 15 is 0 Å². The second-order valence-corrected chi connectivity index (χ2v) is 21.6. The molecule has 52 heavy (non-hydrogen) atoms. The van der Waals surface area contributed by atoms with E-state index in [0.29, 0.717) is 37.1 Å². The van der Waals surface area contributed by atoms with Gasteiger partial charge in [0, 0.05) is 0 Å². The minimum atomic E-state index is -4.90. The Bertz CT molecular complexity index is 1550. The van der Waals surface area contributed by atoms with Crippen LogP contribution in [0.3, 0.4) is 0 Å². The molecular formula is C36H50N2O12P2. The molecule has 2 unspecified atom stereocenters. The van der Waals surface area contributed by atoms with Crippen molar-refractivity contribution < 1.29 is 55.4 Å². The van der Waals surface area contributed by atoms with Crippen LogP contribution in [0.25, 0.3) is 0 Å². The van der Waals surface area contributed by atoms with Gasteiger partial charge in [-0.3, -0.25) is 0 Å². The number of carbonyl (C=O) groups is 4. The molecule has 0 amide bonds. The maximum atomic E-state index is 13.1. The second kappa shape index (κ2) is 12.8. The average Bonchev–Trinajstić information content (AvgIpc) is 3.56. The van der Waals surface area contributed by atoms with Crippen molar-refractivity contribution in [1.29, 1.82) is 0 Å². The van der Waals surface area contributed by atoms with Gasteiger partial charge in [-0.15, -0.1) is 0 Å². The van der Waals surface area contributed by atoms with Crippen molar-refractivity contribution in [3.05, 3.63) is 71.8 Å². The van der Waals surface area contributed by atoms with Crippen molar-refractivity contribution in [3.8, 4) is 0 Å². The number of rotatable bonds is 13. The summed E-state index contributed by atoms with van der Waals surface area (Å²) in [5.41, 5.74) is -4.27. The van der Waals surface area contributed by atoms with Gasteiger partial charge < -0.3 is 0 Å². The van der Waals surface area contributed by atoms with Crippen molar-refractivity contribution in [2.45, 2.75) is 115 Å². The van der Waals surface area contributed by atoms with Crippen LogP contribution in [-0.4, -0.2) is 59.4 Å². The maximum absolute atomic E-state index is 13.1. The summed E-state index contributed by atoms with van der Waals surface area (Å²) >= 11 is 0. The van der Waals surface area contributed by atoms with Gasteiger partial charge in [-0.2, -0.15) is 0 Å². The van der Waals surface area contributed by atoms with E-state index in [1.165, 1.54) is 0 Å². The molecule has 14 nitrogen and oxygen atoms in total. The predicted molar refractivity (Wildman–Crippen MR) is 192 cm³/mol. The summed E-state index contributed by atoms with van der Waals surface area (Å²) in [7, 11) is -9.80. The van der Waals surface area contributed by atoms with Gasteiger partial charge in [-0.1, -0.05) is 0 Å². The molecule has 2 N–H and O–H groups in total. The molecule has 2 aromatic carbocycles. The molecule has 2 spiro atoms. The predicted octanol–water partition coefficient (Wildman–Crippen LogP) is 6.96. The van der Waals surface area contributed by atoms with Gasteiger partial charge in [0.15, 0.2) is 0 Å². The normalized spacial score (nSPS) is 27.7. The molecule has 0 aliphatic carbocycles. The van der Waals surface area contributed by atoms with Gasteiger partial charge in [-0.05, 0) is 0 Å². The zero-order chi connectivity index (χ0) is 37.9. The summed E-state index contributed by atoms with van der Waals surface area (Å²) in [6, 6.07) is 18.4. The van der Waals surface area contributed by atoms with Crippen molar-refractivity contribution in [3.63, 3.8) is 0 Å². The molecule has 0 bridgehead atoms. The molecule has 6 rings (SSSR count). The van der Waals surface area contributed by atoms with Crippen LogP contribution in [-0.2, 0) is 55.4 Å². The van der Waals surface area contributed by atoms with Crippen molar-refractivity contribution in [2.24, 2.45) is 0 Å². The zero-order valence-electron chi connectivity index (χ0n) is 31.0. The fourth-order valence-corrected chi connectivity index (χ4v) is 16.0. The van der Waals surface area contributed by atoms with Crippen LogP contribution in [0, 0.1) is 0 Å². The molecule has 4 aliphatic rings. The van der Waals surface area contributed by atoms with Crippen molar-refractivity contribution >= 4 is 38.9 Å². The Kier molecular flexibility index (Phi) is 9.50. The van der Waals surface area contributed by atoms with Crippen LogP contribution in [0.4, 0.5) is 0 Å². The fourth-order valence-electron chi connectivity index (χ4n) is 6.85. The van der Waals surface area contributed by atoms with E-state index in [2.05, 4.69) is 10.6 Å². The van der Waals surface area contributed by atoms with Gasteiger partial charge in [0.05, 0.1) is 0 Å². The molecule has 4 fully saturated rings. The van der Waals surface area contributed by atoms with Crippen molar-refractivity contribution in [1.82, 2.24) is 10.6 Å². The molecule has 0 aromatic heterocycles. The molecule has 2 aromatic rings. The Morgan fingerprint density at radius 2 is 0.731 bits per heavy atom. The Hall–Kier alpha value is -3.06. The van der Waals surface area contributed by atoms with Gasteiger partial charge in [0.2, 0.25) is 0 Å². The summed E-state index contributed by atoms with van der Waals surface area (Å²) in [6.07, 6.45) is 2.99. The molecular weight excluding hydrogens is 714 g/mol. The first-order valence-corrected chi connectivity index (χ1v) is 21.6. The average molecular weight is 765 g/mol. The van der Waals surface area contributed by atoms with E-state index in [4.69, 9.17) is 36.2 Å². The van der Waals surface area contributed by atoms with Crippen LogP contribution in [0.2, 0.25) is 0 Å². The summed E-state index contributed by atoms with van der Waals surface area (Å²) in [5, 5.41) is 6.91. The standard InChI is InChI=1S/C36H50N2O12P2/c1-33(2)29(39)43-51(47-33,44-30(40)34(3,4)48-51)27(25-19-13-11-14-20-25)37-23-17-9-10-18-24-38-28(26-21-15-12-16-22-26)52(45-31(41)35(5,6)49-52)46-32(42)36(7,8)50-52/h11-16,19-22,27-28,37-38H,9-10,17-18,23-24H2,1-8H3. The van der Waals surface area contributed by atoms with E-state index in [-0.39, 0.29) is 0 Å². The molecule has 4 heterocycles. The molecule has 286 valence electrons. The van der Waals surface area contributed by atoms with Gasteiger partial charge >= 0.3 is 305 Å². The monoisotopic (exact) mass is 764 g/mol. The number of benzene rings is 2. The third kappa shape index (κ3) is 6.45. The summed E-state index contributed by atoms with van der Waals surface area (Å²) < 4.78 is 49.3. The summed E-state index contributed by atoms with van der Waals surface area (Å²) in [5.74, 6) is -4.49. The van der Waals surface area contributed by atoms with E-state index in [9.17, 15) is 19.2 Å². The first-order valence-electron chi connectivity index (χ1n) is 17.6. The fraction of sp³-hybridized carbons (Fsp3) is 0.556. The molecule has 0 saturated carbocycles. The zero-order valence-corrected chi connectivity index (χ0v) is 32.8. The molecule has 2 atom stereocenters. The van der Waals surface area contributed by atoms with Gasteiger partial charge in [0.25, 0.3) is 0 Å². The topological polar surface area (TPSA) is 166 Å². The third-order valence-corrected chi connectivity index (χ3v) is 17.1.